The van der Waals surface area contributed by atoms with Crippen molar-refractivity contribution in [1.82, 2.24) is 4.31 Å². The summed E-state index contributed by atoms with van der Waals surface area (Å²) in [5.41, 5.74) is 0.139. The molecule has 0 atom stereocenters. The fourth-order valence-corrected chi connectivity index (χ4v) is 4.40. The van der Waals surface area contributed by atoms with Gasteiger partial charge in [0.2, 0.25) is 15.9 Å². The van der Waals surface area contributed by atoms with Gasteiger partial charge in [0.25, 0.3) is 0 Å². The number of hydrogen-bond donors (Lipinski definition) is 1. The summed E-state index contributed by atoms with van der Waals surface area (Å²) in [5, 5.41) is 2.52. The average Bonchev–Trinajstić information content (AvgIpc) is 2.65. The summed E-state index contributed by atoms with van der Waals surface area (Å²) < 4.78 is 65.5. The zero-order valence-electron chi connectivity index (χ0n) is 14.2. The molecule has 0 spiro atoms. The molecular weight excluding hydrogens is 381 g/mol. The fourth-order valence-electron chi connectivity index (χ4n) is 2.93. The van der Waals surface area contributed by atoms with E-state index in [2.05, 4.69) is 5.32 Å². The highest BCUT2D eigenvalue weighted by atomic mass is 32.2. The lowest BCUT2D eigenvalue weighted by atomic mass is 9.97. The maximum Gasteiger partial charge on any atom is 0.243 e. The van der Waals surface area contributed by atoms with Crippen LogP contribution in [0.3, 0.4) is 0 Å². The van der Waals surface area contributed by atoms with Crippen molar-refractivity contribution in [2.75, 3.05) is 18.4 Å². The maximum absolute atomic E-state index is 13.2. The van der Waals surface area contributed by atoms with E-state index in [1.807, 2.05) is 0 Å². The Morgan fingerprint density at radius 3 is 2.19 bits per heavy atom. The van der Waals surface area contributed by atoms with Crippen molar-refractivity contribution in [3.05, 3.63) is 59.9 Å². The molecule has 0 radical (unpaired) electrons. The van der Waals surface area contributed by atoms with Crippen molar-refractivity contribution in [2.24, 2.45) is 5.92 Å². The zero-order chi connectivity index (χ0) is 19.6. The van der Waals surface area contributed by atoms with Gasteiger partial charge in [-0.1, -0.05) is 0 Å². The van der Waals surface area contributed by atoms with Crippen LogP contribution in [-0.2, 0) is 14.8 Å². The summed E-state index contributed by atoms with van der Waals surface area (Å²) in [5.74, 6) is -3.42. The molecule has 2 aromatic rings. The lowest BCUT2D eigenvalue weighted by Gasteiger charge is -2.30. The van der Waals surface area contributed by atoms with Gasteiger partial charge in [-0.25, -0.2) is 21.6 Å². The first-order valence-corrected chi connectivity index (χ1v) is 9.73. The minimum absolute atomic E-state index is 0.00594. The average molecular weight is 398 g/mol. The van der Waals surface area contributed by atoms with Gasteiger partial charge in [0.15, 0.2) is 11.6 Å². The van der Waals surface area contributed by atoms with E-state index in [4.69, 9.17) is 0 Å². The molecule has 3 rings (SSSR count). The van der Waals surface area contributed by atoms with Crippen molar-refractivity contribution < 1.29 is 26.4 Å². The topological polar surface area (TPSA) is 66.5 Å². The molecule has 0 aromatic heterocycles. The van der Waals surface area contributed by atoms with Crippen LogP contribution in [0.1, 0.15) is 12.8 Å². The Morgan fingerprint density at radius 2 is 1.59 bits per heavy atom. The molecule has 0 bridgehead atoms. The van der Waals surface area contributed by atoms with Crippen LogP contribution in [0, 0.1) is 23.4 Å². The molecule has 1 aliphatic heterocycles. The molecule has 144 valence electrons. The van der Waals surface area contributed by atoms with E-state index in [0.717, 1.165) is 24.3 Å². The van der Waals surface area contributed by atoms with E-state index in [-0.39, 0.29) is 42.4 Å². The van der Waals surface area contributed by atoms with Crippen molar-refractivity contribution in [2.45, 2.75) is 17.7 Å². The number of amides is 1. The minimum atomic E-state index is -3.75. The molecule has 0 saturated carbocycles. The van der Waals surface area contributed by atoms with Crippen LogP contribution in [-0.4, -0.2) is 31.7 Å². The number of carbonyl (C=O) groups excluding carboxylic acids is 1. The van der Waals surface area contributed by atoms with Crippen LogP contribution in [0.15, 0.2) is 47.4 Å². The SMILES string of the molecule is O=C(Nc1ccc(F)c(F)c1)C1CCN(S(=O)(=O)c2ccc(F)cc2)CC1. The minimum Gasteiger partial charge on any atom is -0.326 e. The number of hydrogen-bond acceptors (Lipinski definition) is 3. The van der Waals surface area contributed by atoms with Gasteiger partial charge in [-0.2, -0.15) is 4.31 Å². The summed E-state index contributed by atoms with van der Waals surface area (Å²) in [7, 11) is -3.75. The molecule has 0 unspecified atom stereocenters. The van der Waals surface area contributed by atoms with Crippen molar-refractivity contribution in [3.63, 3.8) is 0 Å². The van der Waals surface area contributed by atoms with Gasteiger partial charge in [0.1, 0.15) is 5.82 Å². The number of nitrogens with zero attached hydrogens (tertiary/aromatic N) is 1. The summed E-state index contributed by atoms with van der Waals surface area (Å²) >= 11 is 0. The fraction of sp³-hybridized carbons (Fsp3) is 0.278. The molecule has 1 amide bonds. The molecule has 1 heterocycles. The molecule has 2 aromatic carbocycles. The molecule has 1 aliphatic rings. The first-order valence-electron chi connectivity index (χ1n) is 8.29. The Hall–Kier alpha value is -2.39. The van der Waals surface area contributed by atoms with Crippen LogP contribution in [0.4, 0.5) is 18.9 Å². The number of rotatable bonds is 4. The second kappa shape index (κ2) is 7.69. The van der Waals surface area contributed by atoms with E-state index in [1.165, 1.54) is 22.5 Å². The Bertz CT molecular complexity index is 941. The number of anilines is 1. The highest BCUT2D eigenvalue weighted by Crippen LogP contribution is 2.25. The quantitative estimate of drug-likeness (QED) is 0.861. The summed E-state index contributed by atoms with van der Waals surface area (Å²) in [6, 6.07) is 7.62. The number of carbonyl (C=O) groups is 1. The third-order valence-electron chi connectivity index (χ3n) is 4.46. The Kier molecular flexibility index (Phi) is 5.52. The van der Waals surface area contributed by atoms with E-state index in [1.54, 1.807) is 0 Å². The van der Waals surface area contributed by atoms with Crippen LogP contribution in [0.2, 0.25) is 0 Å². The zero-order valence-corrected chi connectivity index (χ0v) is 15.0. The summed E-state index contributed by atoms with van der Waals surface area (Å²) in [6.45, 7) is 0.269. The third-order valence-corrected chi connectivity index (χ3v) is 6.38. The van der Waals surface area contributed by atoms with E-state index in [9.17, 15) is 26.4 Å². The Balaban J connectivity index is 1.61. The van der Waals surface area contributed by atoms with Gasteiger partial charge in [0.05, 0.1) is 4.90 Å². The second-order valence-electron chi connectivity index (χ2n) is 6.25. The predicted octanol–water partition coefficient (Wildman–Crippen LogP) is 3.14. The summed E-state index contributed by atoms with van der Waals surface area (Å²) in [6.07, 6.45) is 0.575. The number of benzene rings is 2. The Labute approximate surface area is 154 Å². The molecule has 0 aliphatic carbocycles. The molecule has 1 saturated heterocycles. The van der Waals surface area contributed by atoms with Gasteiger partial charge in [-0.15, -0.1) is 0 Å². The summed E-state index contributed by atoms with van der Waals surface area (Å²) in [4.78, 5) is 12.3. The highest BCUT2D eigenvalue weighted by Gasteiger charge is 2.32. The lowest BCUT2D eigenvalue weighted by Crippen LogP contribution is -2.41. The largest absolute Gasteiger partial charge is 0.326 e. The van der Waals surface area contributed by atoms with E-state index < -0.39 is 33.4 Å². The smallest absolute Gasteiger partial charge is 0.243 e. The normalized spacial score (nSPS) is 16.3. The number of piperidine rings is 1. The van der Waals surface area contributed by atoms with Gasteiger partial charge >= 0.3 is 0 Å². The first-order chi connectivity index (χ1) is 12.8. The highest BCUT2D eigenvalue weighted by molar-refractivity contribution is 7.89. The standard InChI is InChI=1S/C18H17F3N2O3S/c19-13-1-4-15(5-2-13)27(25,26)23-9-7-12(8-10-23)18(24)22-14-3-6-16(20)17(21)11-14/h1-6,11-12H,7-10H2,(H,22,24). The molecule has 27 heavy (non-hydrogen) atoms. The molecule has 5 nitrogen and oxygen atoms in total. The third kappa shape index (κ3) is 4.30. The van der Waals surface area contributed by atoms with Crippen molar-refractivity contribution >= 4 is 21.6 Å². The molecule has 9 heteroatoms. The molecular formula is C18H17F3N2O3S. The van der Waals surface area contributed by atoms with Gasteiger partial charge in [0, 0.05) is 30.8 Å². The van der Waals surface area contributed by atoms with Gasteiger partial charge in [-0.3, -0.25) is 4.79 Å². The lowest BCUT2D eigenvalue weighted by molar-refractivity contribution is -0.120. The van der Waals surface area contributed by atoms with Gasteiger partial charge < -0.3 is 5.32 Å². The first kappa shape index (κ1) is 19.4. The van der Waals surface area contributed by atoms with Crippen LogP contribution in [0.5, 0.6) is 0 Å². The maximum atomic E-state index is 13.2. The van der Waals surface area contributed by atoms with Gasteiger partial charge in [-0.05, 0) is 49.2 Å². The monoisotopic (exact) mass is 398 g/mol. The number of halogens is 3. The number of sulfonamides is 1. The van der Waals surface area contributed by atoms with Crippen LogP contribution in [0.25, 0.3) is 0 Å². The van der Waals surface area contributed by atoms with E-state index >= 15 is 0 Å². The molecule has 1 fully saturated rings. The second-order valence-corrected chi connectivity index (χ2v) is 8.19. The van der Waals surface area contributed by atoms with Crippen LogP contribution >= 0.6 is 0 Å². The van der Waals surface area contributed by atoms with Crippen LogP contribution < -0.4 is 5.32 Å². The van der Waals surface area contributed by atoms with Crippen molar-refractivity contribution in [1.29, 1.82) is 0 Å². The number of nitrogens with one attached hydrogen (secondary N) is 1. The molecule has 1 N–H and O–H groups in total. The predicted molar refractivity (Wildman–Crippen MR) is 92.9 cm³/mol. The Morgan fingerprint density at radius 1 is 0.963 bits per heavy atom. The van der Waals surface area contributed by atoms with Crippen molar-refractivity contribution in [3.8, 4) is 0 Å². The van der Waals surface area contributed by atoms with E-state index in [0.29, 0.717) is 0 Å².